The molecule has 0 aliphatic rings. The number of ether oxygens (including phenoxy) is 1. The summed E-state index contributed by atoms with van der Waals surface area (Å²) in [6, 6.07) is 3.17. The predicted molar refractivity (Wildman–Crippen MR) is 74.9 cm³/mol. The molecule has 0 unspecified atom stereocenters. The van der Waals surface area contributed by atoms with Crippen molar-refractivity contribution < 1.29 is 13.9 Å². The molecule has 0 fully saturated rings. The molecule has 0 amide bonds. The maximum atomic E-state index is 13.7. The highest BCUT2D eigenvalue weighted by atomic mass is 19.1. The van der Waals surface area contributed by atoms with Crippen LogP contribution in [-0.4, -0.2) is 13.1 Å². The Hall–Kier alpha value is -1.38. The van der Waals surface area contributed by atoms with Crippen molar-refractivity contribution in [1.29, 1.82) is 0 Å². The van der Waals surface area contributed by atoms with Crippen LogP contribution >= 0.6 is 0 Å². The molecule has 0 bridgehead atoms. The van der Waals surface area contributed by atoms with Crippen LogP contribution in [0.5, 0.6) is 0 Å². The van der Waals surface area contributed by atoms with Crippen LogP contribution in [0.3, 0.4) is 0 Å². The van der Waals surface area contributed by atoms with Crippen LogP contribution in [0.2, 0.25) is 0 Å². The zero-order valence-corrected chi connectivity index (χ0v) is 12.4. The topological polar surface area (TPSA) is 26.3 Å². The Morgan fingerprint density at radius 3 is 2.00 bits per heavy atom. The van der Waals surface area contributed by atoms with Gasteiger partial charge in [0.05, 0.1) is 7.11 Å². The van der Waals surface area contributed by atoms with Gasteiger partial charge in [-0.25, -0.2) is 4.39 Å². The molecule has 1 aromatic carbocycles. The molecule has 0 atom stereocenters. The molecule has 0 aliphatic heterocycles. The lowest BCUT2D eigenvalue weighted by atomic mass is 9.86. The van der Waals surface area contributed by atoms with Gasteiger partial charge in [0.2, 0.25) is 0 Å². The van der Waals surface area contributed by atoms with E-state index in [0.717, 1.165) is 16.7 Å². The minimum atomic E-state index is -0.228. The van der Waals surface area contributed by atoms with E-state index in [2.05, 4.69) is 4.74 Å². The molecule has 0 aromatic heterocycles. The van der Waals surface area contributed by atoms with Gasteiger partial charge in [0.25, 0.3) is 0 Å². The van der Waals surface area contributed by atoms with E-state index in [9.17, 15) is 9.18 Å². The molecule has 0 aliphatic carbocycles. The maximum absolute atomic E-state index is 13.7. The normalized spacial score (nSPS) is 11.2. The molecule has 1 aromatic rings. The summed E-state index contributed by atoms with van der Waals surface area (Å²) in [5, 5.41) is 0. The summed E-state index contributed by atoms with van der Waals surface area (Å²) in [5.41, 5.74) is 3.08. The van der Waals surface area contributed by atoms with Gasteiger partial charge in [-0.05, 0) is 47.1 Å². The van der Waals surface area contributed by atoms with E-state index in [-0.39, 0.29) is 23.6 Å². The number of hydrogen-bond acceptors (Lipinski definition) is 2. The summed E-state index contributed by atoms with van der Waals surface area (Å²) in [7, 11) is 1.39. The summed E-state index contributed by atoms with van der Waals surface area (Å²) in [4.78, 5) is 11.3. The minimum Gasteiger partial charge on any atom is -0.469 e. The van der Waals surface area contributed by atoms with Crippen molar-refractivity contribution in [2.24, 2.45) is 0 Å². The summed E-state index contributed by atoms with van der Waals surface area (Å²) >= 11 is 0. The Kier molecular flexibility index (Phi) is 5.52. The van der Waals surface area contributed by atoms with Crippen molar-refractivity contribution in [3.8, 4) is 0 Å². The summed E-state index contributed by atoms with van der Waals surface area (Å²) in [6.45, 7) is 8.17. The summed E-state index contributed by atoms with van der Waals surface area (Å²) in [5.74, 6) is 0.0460. The van der Waals surface area contributed by atoms with Crippen molar-refractivity contribution in [2.75, 3.05) is 7.11 Å². The van der Waals surface area contributed by atoms with E-state index in [1.807, 2.05) is 27.7 Å². The minimum absolute atomic E-state index is 0.200. The lowest BCUT2D eigenvalue weighted by Gasteiger charge is -2.19. The van der Waals surface area contributed by atoms with Crippen LogP contribution in [0, 0.1) is 5.82 Å². The zero-order valence-electron chi connectivity index (χ0n) is 12.4. The number of halogens is 1. The van der Waals surface area contributed by atoms with Gasteiger partial charge in [0, 0.05) is 6.42 Å². The average Bonchev–Trinajstić information content (AvgIpc) is 2.35. The van der Waals surface area contributed by atoms with E-state index >= 15 is 0 Å². The lowest BCUT2D eigenvalue weighted by Crippen LogP contribution is -2.09. The maximum Gasteiger partial charge on any atom is 0.305 e. The highest BCUT2D eigenvalue weighted by Gasteiger charge is 2.17. The molecule has 0 N–H and O–H groups in total. The second-order valence-electron chi connectivity index (χ2n) is 5.45. The highest BCUT2D eigenvalue weighted by Crippen LogP contribution is 2.30. The Morgan fingerprint density at radius 2 is 1.63 bits per heavy atom. The second-order valence-corrected chi connectivity index (χ2v) is 5.45. The third-order valence-electron chi connectivity index (χ3n) is 3.33. The van der Waals surface area contributed by atoms with E-state index in [1.165, 1.54) is 7.11 Å². The Morgan fingerprint density at radius 1 is 1.16 bits per heavy atom. The van der Waals surface area contributed by atoms with Gasteiger partial charge in [0.15, 0.2) is 0 Å². The van der Waals surface area contributed by atoms with Gasteiger partial charge in [-0.1, -0.05) is 27.7 Å². The first-order valence-corrected chi connectivity index (χ1v) is 6.75. The van der Waals surface area contributed by atoms with Crippen molar-refractivity contribution >= 4 is 5.97 Å². The van der Waals surface area contributed by atoms with Gasteiger partial charge >= 0.3 is 5.97 Å². The van der Waals surface area contributed by atoms with Crippen LogP contribution in [0.4, 0.5) is 4.39 Å². The molecule has 0 radical (unpaired) electrons. The Bertz CT molecular complexity index is 421. The monoisotopic (exact) mass is 266 g/mol. The number of methoxy groups -OCH3 is 1. The van der Waals surface area contributed by atoms with Crippen LogP contribution in [0.15, 0.2) is 12.1 Å². The first-order valence-electron chi connectivity index (χ1n) is 6.75. The number of esters is 1. The lowest BCUT2D eigenvalue weighted by molar-refractivity contribution is -0.140. The molecule has 1 rings (SSSR count). The first-order chi connectivity index (χ1) is 8.86. The number of rotatable bonds is 5. The van der Waals surface area contributed by atoms with Crippen LogP contribution < -0.4 is 0 Å². The third kappa shape index (κ3) is 4.05. The van der Waals surface area contributed by atoms with Gasteiger partial charge in [0.1, 0.15) is 5.82 Å². The smallest absolute Gasteiger partial charge is 0.305 e. The Labute approximate surface area is 115 Å². The molecular weight excluding hydrogens is 243 g/mol. The number of carbonyl (C=O) groups is 1. The predicted octanol–water partition coefficient (Wildman–Crippen LogP) is 4.18. The largest absolute Gasteiger partial charge is 0.469 e. The van der Waals surface area contributed by atoms with E-state index in [1.54, 1.807) is 12.1 Å². The van der Waals surface area contributed by atoms with Gasteiger partial charge in [-0.2, -0.15) is 0 Å². The van der Waals surface area contributed by atoms with E-state index < -0.39 is 0 Å². The Balaban J connectivity index is 3.19. The first kappa shape index (κ1) is 15.7. The molecule has 0 heterocycles. The second kappa shape index (κ2) is 6.69. The number of carbonyl (C=O) groups excluding carboxylic acids is 1. The van der Waals surface area contributed by atoms with E-state index in [0.29, 0.717) is 12.8 Å². The number of benzene rings is 1. The van der Waals surface area contributed by atoms with Crippen molar-refractivity contribution in [1.82, 2.24) is 0 Å². The quantitative estimate of drug-likeness (QED) is 0.747. The molecule has 0 saturated carbocycles. The van der Waals surface area contributed by atoms with Gasteiger partial charge < -0.3 is 4.74 Å². The SMILES string of the molecule is COC(=O)CCc1c(C(C)C)cc(F)cc1C(C)C. The van der Waals surface area contributed by atoms with Crippen molar-refractivity contribution in [3.63, 3.8) is 0 Å². The van der Waals surface area contributed by atoms with Crippen LogP contribution in [0.25, 0.3) is 0 Å². The highest BCUT2D eigenvalue weighted by molar-refractivity contribution is 5.69. The van der Waals surface area contributed by atoms with Gasteiger partial charge in [-0.15, -0.1) is 0 Å². The summed E-state index contributed by atoms with van der Waals surface area (Å²) < 4.78 is 18.4. The molecule has 0 spiro atoms. The average molecular weight is 266 g/mol. The fourth-order valence-electron chi connectivity index (χ4n) is 2.33. The van der Waals surface area contributed by atoms with Crippen LogP contribution in [-0.2, 0) is 16.0 Å². The third-order valence-corrected chi connectivity index (χ3v) is 3.33. The molecule has 3 heteroatoms. The van der Waals surface area contributed by atoms with Crippen molar-refractivity contribution in [3.05, 3.63) is 34.6 Å². The molecule has 106 valence electrons. The summed E-state index contributed by atoms with van der Waals surface area (Å²) in [6.07, 6.45) is 0.940. The van der Waals surface area contributed by atoms with E-state index in [4.69, 9.17) is 0 Å². The molecular formula is C16H23FO2. The number of hydrogen-bond donors (Lipinski definition) is 0. The zero-order chi connectivity index (χ0) is 14.6. The fraction of sp³-hybridized carbons (Fsp3) is 0.562. The molecule has 2 nitrogen and oxygen atoms in total. The molecule has 19 heavy (non-hydrogen) atoms. The van der Waals surface area contributed by atoms with Crippen LogP contribution in [0.1, 0.15) is 62.6 Å². The fourth-order valence-corrected chi connectivity index (χ4v) is 2.33. The standard InChI is InChI=1S/C16H23FO2/c1-10(2)14-8-12(17)9-15(11(3)4)13(14)6-7-16(18)19-5/h8-11H,6-7H2,1-5H3. The van der Waals surface area contributed by atoms with Crippen molar-refractivity contribution in [2.45, 2.75) is 52.4 Å². The molecule has 0 saturated heterocycles. The van der Waals surface area contributed by atoms with Gasteiger partial charge in [-0.3, -0.25) is 4.79 Å².